The van der Waals surface area contributed by atoms with Crippen molar-refractivity contribution in [3.8, 4) is 0 Å². The van der Waals surface area contributed by atoms with Crippen molar-refractivity contribution in [2.45, 2.75) is 0 Å². The number of anilines is 1. The number of carbonyl (C=O) groups excluding carboxylic acids is 1. The summed E-state index contributed by atoms with van der Waals surface area (Å²) in [5, 5.41) is 3.70. The number of urea groups is 1. The lowest BCUT2D eigenvalue weighted by atomic mass is 10.2. The first kappa shape index (κ1) is 17.0. The van der Waals surface area contributed by atoms with Gasteiger partial charge in [0.15, 0.2) is 0 Å². The number of nitrogens with one attached hydrogen (secondary N) is 2. The number of pyridine rings is 1. The van der Waals surface area contributed by atoms with E-state index in [0.29, 0.717) is 32.0 Å². The van der Waals surface area contributed by atoms with E-state index in [1.165, 1.54) is 6.07 Å². The van der Waals surface area contributed by atoms with Gasteiger partial charge in [-0.05, 0) is 24.3 Å². The van der Waals surface area contributed by atoms with E-state index < -0.39 is 0 Å². The van der Waals surface area contributed by atoms with Gasteiger partial charge in [0.25, 0.3) is 0 Å². The molecule has 124 valence electrons. The van der Waals surface area contributed by atoms with Crippen LogP contribution in [0.5, 0.6) is 0 Å². The number of aromatic amines is 1. The lowest BCUT2D eigenvalue weighted by molar-refractivity contribution is 0.127. The lowest BCUT2D eigenvalue weighted by Gasteiger charge is -2.22. The second-order valence-electron chi connectivity index (χ2n) is 5.03. The Bertz CT molecular complexity index is 706. The zero-order chi connectivity index (χ0) is 16.7. The average Bonchev–Trinajstić information content (AvgIpc) is 2.55. The number of hydrogen-bond acceptors (Lipinski definition) is 4. The summed E-state index contributed by atoms with van der Waals surface area (Å²) in [7, 11) is 3.19. The Hall–Kier alpha value is -2.38. The summed E-state index contributed by atoms with van der Waals surface area (Å²) in [6, 6.07) is 8.29. The molecular weight excluding hydrogens is 298 g/mol. The van der Waals surface area contributed by atoms with Gasteiger partial charge in [-0.3, -0.25) is 4.79 Å². The van der Waals surface area contributed by atoms with Crippen molar-refractivity contribution in [2.75, 3.05) is 45.8 Å². The van der Waals surface area contributed by atoms with E-state index in [9.17, 15) is 9.59 Å². The van der Waals surface area contributed by atoms with Gasteiger partial charge < -0.3 is 24.7 Å². The molecule has 1 aromatic carbocycles. The highest BCUT2D eigenvalue weighted by Crippen LogP contribution is 2.16. The number of hydrogen-bond donors (Lipinski definition) is 2. The van der Waals surface area contributed by atoms with E-state index in [1.54, 1.807) is 37.3 Å². The van der Waals surface area contributed by atoms with Gasteiger partial charge in [0.2, 0.25) is 5.56 Å². The van der Waals surface area contributed by atoms with Crippen molar-refractivity contribution in [2.24, 2.45) is 0 Å². The number of H-pyrrole nitrogens is 1. The number of fused-ring (bicyclic) bond motifs is 1. The number of aromatic nitrogens is 1. The number of ether oxygens (including phenoxy) is 2. The zero-order valence-electron chi connectivity index (χ0n) is 13.3. The molecule has 0 aliphatic carbocycles. The number of nitrogens with zero attached hydrogens (tertiary/aromatic N) is 1. The Kier molecular flexibility index (Phi) is 6.13. The van der Waals surface area contributed by atoms with Crippen LogP contribution < -0.4 is 10.9 Å². The largest absolute Gasteiger partial charge is 0.383 e. The molecule has 0 aliphatic rings. The van der Waals surface area contributed by atoms with Crippen LogP contribution in [-0.4, -0.2) is 56.4 Å². The number of methoxy groups -OCH3 is 2. The molecule has 23 heavy (non-hydrogen) atoms. The van der Waals surface area contributed by atoms with Gasteiger partial charge >= 0.3 is 6.03 Å². The Morgan fingerprint density at radius 2 is 1.83 bits per heavy atom. The first-order valence-electron chi connectivity index (χ1n) is 7.31. The maximum absolute atomic E-state index is 12.4. The first-order chi connectivity index (χ1) is 11.1. The Balaban J connectivity index is 2.10. The third-order valence-electron chi connectivity index (χ3n) is 3.39. The van der Waals surface area contributed by atoms with Gasteiger partial charge in [0.1, 0.15) is 0 Å². The molecule has 2 rings (SSSR count). The molecule has 0 fully saturated rings. The smallest absolute Gasteiger partial charge is 0.321 e. The summed E-state index contributed by atoms with van der Waals surface area (Å²) in [5.74, 6) is 0. The Morgan fingerprint density at radius 3 is 2.48 bits per heavy atom. The summed E-state index contributed by atoms with van der Waals surface area (Å²) in [4.78, 5) is 28.0. The van der Waals surface area contributed by atoms with E-state index in [0.717, 1.165) is 10.9 Å². The van der Waals surface area contributed by atoms with Crippen LogP contribution in [0.3, 0.4) is 0 Å². The lowest BCUT2D eigenvalue weighted by Crippen LogP contribution is -2.39. The molecule has 0 saturated heterocycles. The van der Waals surface area contributed by atoms with Crippen molar-refractivity contribution >= 4 is 22.6 Å². The fourth-order valence-corrected chi connectivity index (χ4v) is 2.15. The van der Waals surface area contributed by atoms with Gasteiger partial charge in [-0.1, -0.05) is 0 Å². The molecule has 0 radical (unpaired) electrons. The van der Waals surface area contributed by atoms with Crippen LogP contribution in [-0.2, 0) is 9.47 Å². The van der Waals surface area contributed by atoms with Crippen molar-refractivity contribution < 1.29 is 14.3 Å². The summed E-state index contributed by atoms with van der Waals surface area (Å²) in [6.07, 6.45) is 0. The molecule has 7 nitrogen and oxygen atoms in total. The van der Waals surface area contributed by atoms with E-state index in [4.69, 9.17) is 9.47 Å². The third kappa shape index (κ3) is 4.80. The Morgan fingerprint density at radius 1 is 1.13 bits per heavy atom. The molecule has 0 atom stereocenters. The minimum Gasteiger partial charge on any atom is -0.383 e. The van der Waals surface area contributed by atoms with Crippen LogP contribution >= 0.6 is 0 Å². The topological polar surface area (TPSA) is 83.7 Å². The highest BCUT2D eigenvalue weighted by Gasteiger charge is 2.13. The van der Waals surface area contributed by atoms with Gasteiger partial charge in [-0.25, -0.2) is 4.79 Å². The minimum atomic E-state index is -0.220. The highest BCUT2D eigenvalue weighted by atomic mass is 16.5. The molecule has 0 spiro atoms. The molecule has 2 N–H and O–H groups in total. The van der Waals surface area contributed by atoms with Crippen molar-refractivity contribution in [3.05, 3.63) is 40.7 Å². The predicted molar refractivity (Wildman–Crippen MR) is 88.9 cm³/mol. The molecule has 0 bridgehead atoms. The summed E-state index contributed by atoms with van der Waals surface area (Å²) >= 11 is 0. The quantitative estimate of drug-likeness (QED) is 0.813. The molecular formula is C16H21N3O4. The normalized spacial score (nSPS) is 10.7. The molecule has 0 aliphatic heterocycles. The molecule has 1 aromatic heterocycles. The van der Waals surface area contributed by atoms with Gasteiger partial charge in [0.05, 0.1) is 13.2 Å². The van der Waals surface area contributed by atoms with E-state index in [1.807, 2.05) is 6.07 Å². The standard InChI is InChI=1S/C16H21N3O4/c1-22-9-7-19(8-10-23-2)16(21)17-13-4-5-14-12(11-13)3-6-15(20)18-14/h3-6,11H,7-10H2,1-2H3,(H,17,21)(H,18,20). The Labute approximate surface area is 134 Å². The molecule has 0 unspecified atom stereocenters. The number of carbonyl (C=O) groups is 1. The van der Waals surface area contributed by atoms with Crippen LogP contribution in [0.25, 0.3) is 10.9 Å². The number of benzene rings is 1. The maximum atomic E-state index is 12.4. The van der Waals surface area contributed by atoms with Crippen LogP contribution in [0.4, 0.5) is 10.5 Å². The summed E-state index contributed by atoms with van der Waals surface area (Å²) < 4.78 is 10.1. The van der Waals surface area contributed by atoms with Crippen molar-refractivity contribution in [3.63, 3.8) is 0 Å². The fourth-order valence-electron chi connectivity index (χ4n) is 2.15. The number of rotatable bonds is 7. The van der Waals surface area contributed by atoms with Crippen LogP contribution in [0, 0.1) is 0 Å². The average molecular weight is 319 g/mol. The molecule has 7 heteroatoms. The van der Waals surface area contributed by atoms with Gasteiger partial charge in [-0.15, -0.1) is 0 Å². The molecule has 2 aromatic rings. The summed E-state index contributed by atoms with van der Waals surface area (Å²) in [6.45, 7) is 1.87. The fraction of sp³-hybridized carbons (Fsp3) is 0.375. The first-order valence-corrected chi connectivity index (χ1v) is 7.31. The van der Waals surface area contributed by atoms with E-state index >= 15 is 0 Å². The number of amides is 2. The van der Waals surface area contributed by atoms with Crippen LogP contribution in [0.2, 0.25) is 0 Å². The maximum Gasteiger partial charge on any atom is 0.321 e. The monoisotopic (exact) mass is 319 g/mol. The molecule has 1 heterocycles. The zero-order valence-corrected chi connectivity index (χ0v) is 13.3. The summed E-state index contributed by atoms with van der Waals surface area (Å²) in [5.41, 5.74) is 1.24. The molecule has 0 saturated carbocycles. The molecule has 2 amide bonds. The highest BCUT2D eigenvalue weighted by molar-refractivity contribution is 5.92. The van der Waals surface area contributed by atoms with Crippen LogP contribution in [0.15, 0.2) is 35.1 Å². The van der Waals surface area contributed by atoms with Gasteiger partial charge in [0, 0.05) is 50.0 Å². The van der Waals surface area contributed by atoms with Gasteiger partial charge in [-0.2, -0.15) is 0 Å². The predicted octanol–water partition coefficient (Wildman–Crippen LogP) is 1.65. The minimum absolute atomic E-state index is 0.153. The second-order valence-corrected chi connectivity index (χ2v) is 5.03. The third-order valence-corrected chi connectivity index (χ3v) is 3.39. The van der Waals surface area contributed by atoms with E-state index in [2.05, 4.69) is 10.3 Å². The SMILES string of the molecule is COCCN(CCOC)C(=O)Nc1ccc2[nH]c(=O)ccc2c1. The van der Waals surface area contributed by atoms with Crippen molar-refractivity contribution in [1.82, 2.24) is 9.88 Å². The van der Waals surface area contributed by atoms with E-state index in [-0.39, 0.29) is 11.6 Å². The van der Waals surface area contributed by atoms with Crippen molar-refractivity contribution in [1.29, 1.82) is 0 Å². The second kappa shape index (κ2) is 8.30. The van der Waals surface area contributed by atoms with Crippen LogP contribution in [0.1, 0.15) is 0 Å².